The summed E-state index contributed by atoms with van der Waals surface area (Å²) < 4.78 is 0. The molecule has 2 bridgehead atoms. The molecular formula is C20H30O4. The Kier molecular flexibility index (Phi) is 10.6. The Morgan fingerprint density at radius 1 is 1.21 bits per heavy atom. The maximum absolute atomic E-state index is 9.25. The lowest BCUT2D eigenvalue weighted by Crippen LogP contribution is -1.96. The second kappa shape index (κ2) is 12.6. The summed E-state index contributed by atoms with van der Waals surface area (Å²) in [6.07, 6.45) is 12.4. The topological polar surface area (TPSA) is 55.8 Å². The van der Waals surface area contributed by atoms with E-state index < -0.39 is 5.97 Å². The van der Waals surface area contributed by atoms with Crippen LogP contribution in [-0.4, -0.2) is 17.7 Å². The fraction of sp³-hybridized carbons (Fsp3) is 0.550. The van der Waals surface area contributed by atoms with Crippen LogP contribution in [-0.2, 0) is 22.5 Å². The second-order valence-electron chi connectivity index (χ2n) is 5.96. The standard InChI is InChI=1S/C17H26O2.C3H4O2/c1-2-3-4-5-6-7-8-11-16-15-10-9-12-17(16)19-18-14-13-15;1-2-3(4)5/h9-10,12H,2-8,11,13-14H2,1H3;2H,1H2,(H,4,5). The third kappa shape index (κ3) is 8.16. The van der Waals surface area contributed by atoms with Gasteiger partial charge in [0.25, 0.3) is 0 Å². The molecule has 4 nitrogen and oxygen atoms in total. The molecule has 1 aliphatic heterocycles. The number of benzene rings is 1. The number of rotatable bonds is 9. The first kappa shape index (κ1) is 20.2. The van der Waals surface area contributed by atoms with Gasteiger partial charge < -0.3 is 9.99 Å². The average molecular weight is 334 g/mol. The Morgan fingerprint density at radius 3 is 2.54 bits per heavy atom. The van der Waals surface area contributed by atoms with Crippen LogP contribution in [0.3, 0.4) is 0 Å². The monoisotopic (exact) mass is 334 g/mol. The smallest absolute Gasteiger partial charge is 0.327 e. The Bertz CT molecular complexity index is 472. The van der Waals surface area contributed by atoms with Crippen LogP contribution in [0.5, 0.6) is 5.75 Å². The largest absolute Gasteiger partial charge is 0.478 e. The predicted octanol–water partition coefficient (Wildman–Crippen LogP) is 5.10. The van der Waals surface area contributed by atoms with Crippen molar-refractivity contribution in [3.63, 3.8) is 0 Å². The normalized spacial score (nSPS) is 12.4. The van der Waals surface area contributed by atoms with Crippen molar-refractivity contribution in [3.8, 4) is 5.75 Å². The van der Waals surface area contributed by atoms with E-state index in [1.165, 1.54) is 56.1 Å². The van der Waals surface area contributed by atoms with Crippen molar-refractivity contribution in [2.45, 2.75) is 64.7 Å². The third-order valence-corrected chi connectivity index (χ3v) is 4.04. The fourth-order valence-corrected chi connectivity index (χ4v) is 2.72. The van der Waals surface area contributed by atoms with Crippen molar-refractivity contribution in [2.24, 2.45) is 0 Å². The molecule has 24 heavy (non-hydrogen) atoms. The highest BCUT2D eigenvalue weighted by Crippen LogP contribution is 2.27. The number of aliphatic carboxylic acids is 1. The molecule has 0 fully saturated rings. The van der Waals surface area contributed by atoms with Crippen molar-refractivity contribution in [1.82, 2.24) is 0 Å². The summed E-state index contributed by atoms with van der Waals surface area (Å²) in [5, 5.41) is 7.60. The summed E-state index contributed by atoms with van der Waals surface area (Å²) >= 11 is 0. The Labute approximate surface area is 145 Å². The van der Waals surface area contributed by atoms with Gasteiger partial charge in [0.05, 0.1) is 6.61 Å². The van der Waals surface area contributed by atoms with Crippen LogP contribution in [0.1, 0.15) is 63.0 Å². The molecule has 1 N–H and O–H groups in total. The molecule has 134 valence electrons. The van der Waals surface area contributed by atoms with Crippen molar-refractivity contribution < 1.29 is 19.7 Å². The van der Waals surface area contributed by atoms with E-state index in [4.69, 9.17) is 14.9 Å². The Balaban J connectivity index is 0.000000505. The van der Waals surface area contributed by atoms with Gasteiger partial charge in [0.1, 0.15) is 0 Å². The molecule has 0 atom stereocenters. The summed E-state index contributed by atoms with van der Waals surface area (Å²) in [7, 11) is 0. The first-order valence-electron chi connectivity index (χ1n) is 8.94. The highest BCUT2D eigenvalue weighted by molar-refractivity contribution is 5.78. The van der Waals surface area contributed by atoms with Gasteiger partial charge in [0.2, 0.25) is 0 Å². The average Bonchev–Trinajstić information content (AvgIpc) is 2.69. The summed E-state index contributed by atoms with van der Waals surface area (Å²) in [5.74, 6) is -0.0500. The van der Waals surface area contributed by atoms with Crippen molar-refractivity contribution in [1.29, 1.82) is 0 Å². The SMILES string of the molecule is C=CC(=O)O.CCCCCCCCCc1c2cccc1OOCC2. The van der Waals surface area contributed by atoms with E-state index in [9.17, 15) is 4.79 Å². The van der Waals surface area contributed by atoms with Gasteiger partial charge in [-0.2, -0.15) is 4.89 Å². The highest BCUT2D eigenvalue weighted by atomic mass is 17.2. The maximum atomic E-state index is 9.25. The number of unbranched alkanes of at least 4 members (excludes halogenated alkanes) is 6. The maximum Gasteiger partial charge on any atom is 0.327 e. The van der Waals surface area contributed by atoms with E-state index in [-0.39, 0.29) is 0 Å². The zero-order valence-electron chi connectivity index (χ0n) is 14.8. The third-order valence-electron chi connectivity index (χ3n) is 4.04. The molecule has 0 spiro atoms. The lowest BCUT2D eigenvalue weighted by molar-refractivity contribution is -0.203. The molecule has 1 aromatic rings. The van der Waals surface area contributed by atoms with E-state index in [0.29, 0.717) is 6.61 Å². The molecule has 1 heterocycles. The molecule has 2 rings (SSSR count). The van der Waals surface area contributed by atoms with Crippen molar-refractivity contribution in [3.05, 3.63) is 42.0 Å². The number of fused-ring (bicyclic) bond motifs is 2. The van der Waals surface area contributed by atoms with Crippen LogP contribution in [0.15, 0.2) is 30.9 Å². The highest BCUT2D eigenvalue weighted by Gasteiger charge is 2.13. The van der Waals surface area contributed by atoms with E-state index in [2.05, 4.69) is 25.6 Å². The van der Waals surface area contributed by atoms with Gasteiger partial charge in [-0.1, -0.05) is 64.2 Å². The van der Waals surface area contributed by atoms with Gasteiger partial charge in [-0.25, -0.2) is 4.79 Å². The molecule has 0 amide bonds. The lowest BCUT2D eigenvalue weighted by Gasteiger charge is -2.09. The van der Waals surface area contributed by atoms with E-state index in [0.717, 1.165) is 24.7 Å². The number of hydrogen-bond acceptors (Lipinski definition) is 3. The van der Waals surface area contributed by atoms with Gasteiger partial charge in [0, 0.05) is 18.1 Å². The molecule has 0 radical (unpaired) electrons. The van der Waals surface area contributed by atoms with Crippen LogP contribution >= 0.6 is 0 Å². The van der Waals surface area contributed by atoms with Gasteiger partial charge in [-0.05, 0) is 24.5 Å². The molecule has 0 unspecified atom stereocenters. The molecule has 0 aromatic heterocycles. The summed E-state index contributed by atoms with van der Waals surface area (Å²) in [6.45, 7) is 5.89. The molecule has 1 aliphatic rings. The zero-order valence-corrected chi connectivity index (χ0v) is 14.8. The van der Waals surface area contributed by atoms with Crippen molar-refractivity contribution in [2.75, 3.05) is 6.61 Å². The molecular weight excluding hydrogens is 304 g/mol. The number of carboxylic acid groups (broad SMARTS) is 1. The number of carbonyl (C=O) groups is 1. The van der Waals surface area contributed by atoms with Gasteiger partial charge in [-0.15, -0.1) is 0 Å². The summed E-state index contributed by atoms with van der Waals surface area (Å²) in [6, 6.07) is 6.29. The molecule has 4 heteroatoms. The van der Waals surface area contributed by atoms with Crippen LogP contribution in [0.2, 0.25) is 0 Å². The van der Waals surface area contributed by atoms with E-state index >= 15 is 0 Å². The zero-order chi connectivity index (χ0) is 17.6. The van der Waals surface area contributed by atoms with Gasteiger partial charge in [0.15, 0.2) is 5.75 Å². The lowest BCUT2D eigenvalue weighted by atomic mass is 9.98. The summed E-state index contributed by atoms with van der Waals surface area (Å²) in [5.41, 5.74) is 2.77. The van der Waals surface area contributed by atoms with E-state index in [1.807, 2.05) is 6.07 Å². The minimum atomic E-state index is -0.981. The number of hydrogen-bond donors (Lipinski definition) is 1. The van der Waals surface area contributed by atoms with Crippen LogP contribution < -0.4 is 4.89 Å². The Hall–Kier alpha value is -1.81. The fourth-order valence-electron chi connectivity index (χ4n) is 2.72. The van der Waals surface area contributed by atoms with Crippen LogP contribution in [0.4, 0.5) is 0 Å². The van der Waals surface area contributed by atoms with Gasteiger partial charge >= 0.3 is 5.97 Å². The van der Waals surface area contributed by atoms with Crippen LogP contribution in [0, 0.1) is 0 Å². The minimum absolute atomic E-state index is 0.664. The first-order valence-corrected chi connectivity index (χ1v) is 8.94. The molecule has 0 aliphatic carbocycles. The Morgan fingerprint density at radius 2 is 1.88 bits per heavy atom. The van der Waals surface area contributed by atoms with Crippen LogP contribution in [0.25, 0.3) is 0 Å². The molecule has 0 saturated heterocycles. The predicted molar refractivity (Wildman–Crippen MR) is 96.3 cm³/mol. The van der Waals surface area contributed by atoms with Crippen molar-refractivity contribution >= 4 is 5.97 Å². The van der Waals surface area contributed by atoms with E-state index in [1.54, 1.807) is 0 Å². The van der Waals surface area contributed by atoms with Gasteiger partial charge in [-0.3, -0.25) is 0 Å². The summed E-state index contributed by atoms with van der Waals surface area (Å²) in [4.78, 5) is 19.8. The minimum Gasteiger partial charge on any atom is -0.478 e. The number of carboxylic acids is 1. The quantitative estimate of drug-likeness (QED) is 0.388. The molecule has 0 saturated carbocycles. The molecule has 1 aromatic carbocycles. The second-order valence-corrected chi connectivity index (χ2v) is 5.96. The first-order chi connectivity index (χ1) is 11.7.